The maximum atomic E-state index is 11.9. The minimum atomic E-state index is 0.239. The molecule has 0 spiro atoms. The summed E-state index contributed by atoms with van der Waals surface area (Å²) in [4.78, 5) is 13.9. The number of aryl methyl sites for hydroxylation is 1. The Hall–Kier alpha value is -0.870. The Bertz CT molecular complexity index is 385. The minimum absolute atomic E-state index is 0.239. The Balaban J connectivity index is 1.74. The lowest BCUT2D eigenvalue weighted by molar-refractivity contribution is -0.130. The van der Waals surface area contributed by atoms with Gasteiger partial charge in [0.15, 0.2) is 0 Å². The van der Waals surface area contributed by atoms with Crippen molar-refractivity contribution < 1.29 is 4.79 Å². The van der Waals surface area contributed by atoms with Crippen LogP contribution in [0.1, 0.15) is 30.9 Å². The molecule has 1 N–H and O–H groups in total. The number of rotatable bonds is 6. The third kappa shape index (κ3) is 3.30. The highest BCUT2D eigenvalue weighted by atomic mass is 32.1. The van der Waals surface area contributed by atoms with Crippen LogP contribution >= 0.6 is 11.3 Å². The van der Waals surface area contributed by atoms with Crippen LogP contribution in [0, 0.1) is 6.92 Å². The molecule has 4 heteroatoms. The number of likely N-dealkylation sites (N-methyl/N-ethyl adjacent to an activating group) is 1. The highest BCUT2D eigenvalue weighted by molar-refractivity contribution is 7.08. The summed E-state index contributed by atoms with van der Waals surface area (Å²) >= 11 is 1.72. The lowest BCUT2D eigenvalue weighted by atomic mass is 10.2. The molecule has 0 saturated heterocycles. The van der Waals surface area contributed by atoms with Crippen LogP contribution in [0.5, 0.6) is 0 Å². The molecule has 1 aromatic heterocycles. The van der Waals surface area contributed by atoms with Crippen molar-refractivity contribution in [2.75, 3.05) is 13.1 Å². The number of thiophene rings is 1. The molecule has 1 aromatic rings. The smallest absolute Gasteiger partial charge is 0.236 e. The first kappa shape index (κ1) is 12.6. The zero-order chi connectivity index (χ0) is 12.3. The predicted octanol–water partition coefficient (Wildman–Crippen LogP) is 2.16. The van der Waals surface area contributed by atoms with Crippen molar-refractivity contribution in [2.45, 2.75) is 39.3 Å². The Morgan fingerprint density at radius 2 is 2.29 bits per heavy atom. The van der Waals surface area contributed by atoms with E-state index in [0.717, 1.165) is 13.1 Å². The molecule has 1 aliphatic rings. The van der Waals surface area contributed by atoms with Crippen LogP contribution in [0.3, 0.4) is 0 Å². The Kier molecular flexibility index (Phi) is 4.18. The molecule has 1 saturated carbocycles. The van der Waals surface area contributed by atoms with Gasteiger partial charge in [0.25, 0.3) is 0 Å². The molecular weight excluding hydrogens is 232 g/mol. The van der Waals surface area contributed by atoms with E-state index in [1.54, 1.807) is 11.3 Å². The van der Waals surface area contributed by atoms with Gasteiger partial charge in [0.1, 0.15) is 0 Å². The summed E-state index contributed by atoms with van der Waals surface area (Å²) in [6.45, 7) is 6.25. The van der Waals surface area contributed by atoms with Crippen LogP contribution in [-0.4, -0.2) is 29.9 Å². The summed E-state index contributed by atoms with van der Waals surface area (Å²) in [5, 5.41) is 7.53. The molecule has 0 bridgehead atoms. The molecule has 1 amide bonds. The van der Waals surface area contributed by atoms with Crippen LogP contribution in [0.2, 0.25) is 0 Å². The van der Waals surface area contributed by atoms with Crippen molar-refractivity contribution >= 4 is 17.2 Å². The quantitative estimate of drug-likeness (QED) is 0.841. The van der Waals surface area contributed by atoms with E-state index in [0.29, 0.717) is 12.6 Å². The molecule has 0 aromatic carbocycles. The van der Waals surface area contributed by atoms with Crippen molar-refractivity contribution in [1.29, 1.82) is 0 Å². The first-order chi connectivity index (χ1) is 8.22. The SMILES string of the molecule is CCN(C(=O)CNCc1cscc1C)C1CC1. The van der Waals surface area contributed by atoms with Gasteiger partial charge in [-0.05, 0) is 48.6 Å². The van der Waals surface area contributed by atoms with Gasteiger partial charge in [-0.3, -0.25) is 4.79 Å². The summed E-state index contributed by atoms with van der Waals surface area (Å²) in [6, 6.07) is 0.525. The van der Waals surface area contributed by atoms with Gasteiger partial charge in [-0.2, -0.15) is 11.3 Å². The van der Waals surface area contributed by atoms with Crippen LogP contribution in [0.25, 0.3) is 0 Å². The van der Waals surface area contributed by atoms with Crippen molar-refractivity contribution in [2.24, 2.45) is 0 Å². The molecule has 1 heterocycles. The molecule has 94 valence electrons. The molecule has 17 heavy (non-hydrogen) atoms. The summed E-state index contributed by atoms with van der Waals surface area (Å²) in [6.07, 6.45) is 2.37. The van der Waals surface area contributed by atoms with Gasteiger partial charge in [0.05, 0.1) is 6.54 Å². The van der Waals surface area contributed by atoms with E-state index >= 15 is 0 Å². The van der Waals surface area contributed by atoms with Crippen LogP contribution < -0.4 is 5.32 Å². The molecule has 2 rings (SSSR count). The molecular formula is C13H20N2OS. The van der Waals surface area contributed by atoms with Crippen molar-refractivity contribution in [3.05, 3.63) is 21.9 Å². The standard InChI is InChI=1S/C13H20N2OS/c1-3-15(12-4-5-12)13(16)7-14-6-11-9-17-8-10(11)2/h8-9,12,14H,3-7H2,1-2H3. The highest BCUT2D eigenvalue weighted by Crippen LogP contribution is 2.26. The monoisotopic (exact) mass is 252 g/mol. The third-order valence-electron chi connectivity index (χ3n) is 3.20. The number of amides is 1. The first-order valence-corrected chi connectivity index (χ1v) is 7.18. The maximum absolute atomic E-state index is 11.9. The average Bonchev–Trinajstić information content (AvgIpc) is 3.05. The summed E-state index contributed by atoms with van der Waals surface area (Å²) in [5.74, 6) is 0.239. The fraction of sp³-hybridized carbons (Fsp3) is 0.615. The number of hydrogen-bond donors (Lipinski definition) is 1. The van der Waals surface area contributed by atoms with Crippen molar-refractivity contribution in [3.63, 3.8) is 0 Å². The average molecular weight is 252 g/mol. The molecule has 0 radical (unpaired) electrons. The zero-order valence-corrected chi connectivity index (χ0v) is 11.3. The molecule has 1 aliphatic carbocycles. The molecule has 0 unspecified atom stereocenters. The fourth-order valence-electron chi connectivity index (χ4n) is 2.00. The van der Waals surface area contributed by atoms with Crippen molar-refractivity contribution in [1.82, 2.24) is 10.2 Å². The Labute approximate surface area is 107 Å². The van der Waals surface area contributed by atoms with Gasteiger partial charge in [-0.25, -0.2) is 0 Å². The van der Waals surface area contributed by atoms with E-state index in [1.807, 2.05) is 4.90 Å². The largest absolute Gasteiger partial charge is 0.339 e. The lowest BCUT2D eigenvalue weighted by Gasteiger charge is -2.20. The predicted molar refractivity (Wildman–Crippen MR) is 71.2 cm³/mol. The number of carbonyl (C=O) groups excluding carboxylic acids is 1. The maximum Gasteiger partial charge on any atom is 0.236 e. The van der Waals surface area contributed by atoms with E-state index in [-0.39, 0.29) is 5.91 Å². The number of nitrogens with zero attached hydrogens (tertiary/aromatic N) is 1. The van der Waals surface area contributed by atoms with Gasteiger partial charge >= 0.3 is 0 Å². The van der Waals surface area contributed by atoms with Gasteiger partial charge in [-0.1, -0.05) is 0 Å². The molecule has 1 fully saturated rings. The number of hydrogen-bond acceptors (Lipinski definition) is 3. The molecule has 3 nitrogen and oxygen atoms in total. The van der Waals surface area contributed by atoms with Crippen molar-refractivity contribution in [3.8, 4) is 0 Å². The van der Waals surface area contributed by atoms with Gasteiger partial charge in [0, 0.05) is 19.1 Å². The Morgan fingerprint density at radius 1 is 1.53 bits per heavy atom. The van der Waals surface area contributed by atoms with Crippen LogP contribution in [0.15, 0.2) is 10.8 Å². The fourth-order valence-corrected chi connectivity index (χ4v) is 2.86. The molecule has 0 atom stereocenters. The number of nitrogens with one attached hydrogen (secondary N) is 1. The van der Waals surface area contributed by atoms with E-state index in [2.05, 4.69) is 29.9 Å². The minimum Gasteiger partial charge on any atom is -0.339 e. The van der Waals surface area contributed by atoms with E-state index in [4.69, 9.17) is 0 Å². The second kappa shape index (κ2) is 5.65. The first-order valence-electron chi connectivity index (χ1n) is 6.24. The summed E-state index contributed by atoms with van der Waals surface area (Å²) in [7, 11) is 0. The van der Waals surface area contributed by atoms with E-state index in [1.165, 1.54) is 24.0 Å². The third-order valence-corrected chi connectivity index (χ3v) is 4.11. The van der Waals surface area contributed by atoms with Gasteiger partial charge in [-0.15, -0.1) is 0 Å². The lowest BCUT2D eigenvalue weighted by Crippen LogP contribution is -2.39. The van der Waals surface area contributed by atoms with Crippen LogP contribution in [0.4, 0.5) is 0 Å². The number of carbonyl (C=O) groups is 1. The summed E-state index contributed by atoms with van der Waals surface area (Å²) in [5.41, 5.74) is 2.61. The highest BCUT2D eigenvalue weighted by Gasteiger charge is 2.30. The second-order valence-electron chi connectivity index (χ2n) is 4.59. The normalized spacial score (nSPS) is 14.9. The summed E-state index contributed by atoms with van der Waals surface area (Å²) < 4.78 is 0. The second-order valence-corrected chi connectivity index (χ2v) is 5.34. The van der Waals surface area contributed by atoms with E-state index < -0.39 is 0 Å². The van der Waals surface area contributed by atoms with Gasteiger partial charge in [0.2, 0.25) is 5.91 Å². The zero-order valence-electron chi connectivity index (χ0n) is 10.5. The Morgan fingerprint density at radius 3 is 2.82 bits per heavy atom. The topological polar surface area (TPSA) is 32.3 Å². The van der Waals surface area contributed by atoms with Gasteiger partial charge < -0.3 is 10.2 Å². The van der Waals surface area contributed by atoms with E-state index in [9.17, 15) is 4.79 Å². The van der Waals surface area contributed by atoms with Crippen LogP contribution in [-0.2, 0) is 11.3 Å². The molecule has 0 aliphatic heterocycles.